The highest BCUT2D eigenvalue weighted by Crippen LogP contribution is 2.43. The Morgan fingerprint density at radius 1 is 1.00 bits per heavy atom. The van der Waals surface area contributed by atoms with Crippen LogP contribution in [0.5, 0.6) is 5.88 Å². The Morgan fingerprint density at radius 2 is 1.83 bits per heavy atom. The molecule has 3 aromatic heterocycles. The molecule has 2 fully saturated rings. The molecule has 3 aromatic rings. The summed E-state index contributed by atoms with van der Waals surface area (Å²) < 4.78 is 10.8. The molecule has 152 valence electrons. The van der Waals surface area contributed by atoms with Crippen molar-refractivity contribution in [3.8, 4) is 5.88 Å². The summed E-state index contributed by atoms with van der Waals surface area (Å²) in [7, 11) is 2.07. The molecule has 0 spiro atoms. The summed E-state index contributed by atoms with van der Waals surface area (Å²) >= 11 is 0. The molecule has 4 heterocycles. The number of aryl methyl sites for hydroxylation is 2. The van der Waals surface area contributed by atoms with Crippen LogP contribution in [0.25, 0.3) is 0 Å². The standard InChI is InChI=1S/C22H28N6O/c1-16-23-8-10-28(16)19-11-17-13-27(15-21-24-7-9-26(21)2)14-18(17)12-20(19)29-22-5-3-4-6-25-22/h3-10,17-20H,11-15H2,1-2H3/t17-,18+,19-,20-/m0/s1. The monoisotopic (exact) mass is 392 g/mol. The number of rotatable bonds is 5. The normalized spacial score (nSPS) is 27.1. The summed E-state index contributed by atoms with van der Waals surface area (Å²) in [5.74, 6) is 4.20. The maximum absolute atomic E-state index is 6.42. The summed E-state index contributed by atoms with van der Waals surface area (Å²) in [6.45, 7) is 5.22. The smallest absolute Gasteiger partial charge is 0.213 e. The minimum Gasteiger partial charge on any atom is -0.472 e. The molecule has 7 nitrogen and oxygen atoms in total. The first-order valence-corrected chi connectivity index (χ1v) is 10.4. The highest BCUT2D eigenvalue weighted by atomic mass is 16.5. The van der Waals surface area contributed by atoms with E-state index in [0.717, 1.165) is 44.1 Å². The highest BCUT2D eigenvalue weighted by molar-refractivity contribution is 5.11. The maximum Gasteiger partial charge on any atom is 0.213 e. The fourth-order valence-corrected chi connectivity index (χ4v) is 5.09. The SMILES string of the molecule is Cc1nccn1[C@H]1C[C@H]2CN(Cc3nccn3C)C[C@H]2C[C@@H]1Oc1ccccn1. The molecule has 0 aromatic carbocycles. The molecule has 2 aliphatic rings. The quantitative estimate of drug-likeness (QED) is 0.668. The third-order valence-electron chi connectivity index (χ3n) is 6.58. The first-order valence-electron chi connectivity index (χ1n) is 10.4. The van der Waals surface area contributed by atoms with Crippen LogP contribution in [0.1, 0.15) is 30.5 Å². The number of imidazole rings is 2. The van der Waals surface area contributed by atoms with E-state index < -0.39 is 0 Å². The minimum atomic E-state index is 0.104. The molecule has 0 bridgehead atoms. The second kappa shape index (κ2) is 7.63. The van der Waals surface area contributed by atoms with Gasteiger partial charge in [0.15, 0.2) is 0 Å². The number of hydrogen-bond acceptors (Lipinski definition) is 5. The molecule has 1 aliphatic carbocycles. The zero-order valence-electron chi connectivity index (χ0n) is 17.1. The average molecular weight is 393 g/mol. The van der Waals surface area contributed by atoms with Crippen LogP contribution in [0, 0.1) is 18.8 Å². The Balaban J connectivity index is 1.35. The van der Waals surface area contributed by atoms with Crippen LogP contribution >= 0.6 is 0 Å². The Morgan fingerprint density at radius 3 is 2.52 bits per heavy atom. The van der Waals surface area contributed by atoms with Gasteiger partial charge in [-0.1, -0.05) is 6.07 Å². The van der Waals surface area contributed by atoms with Crippen molar-refractivity contribution in [2.45, 2.75) is 38.5 Å². The van der Waals surface area contributed by atoms with E-state index in [4.69, 9.17) is 4.74 Å². The molecular weight excluding hydrogens is 364 g/mol. The van der Waals surface area contributed by atoms with Crippen LogP contribution in [0.4, 0.5) is 0 Å². The van der Waals surface area contributed by atoms with Crippen molar-refractivity contribution >= 4 is 0 Å². The van der Waals surface area contributed by atoms with Gasteiger partial charge in [-0.15, -0.1) is 0 Å². The minimum absolute atomic E-state index is 0.104. The molecule has 5 rings (SSSR count). The molecule has 1 saturated carbocycles. The lowest BCUT2D eigenvalue weighted by atomic mass is 9.77. The molecule has 0 radical (unpaired) electrons. The van der Waals surface area contributed by atoms with Crippen LogP contribution in [0.15, 0.2) is 49.2 Å². The summed E-state index contributed by atoms with van der Waals surface area (Å²) in [5, 5.41) is 0. The molecule has 4 atom stereocenters. The lowest BCUT2D eigenvalue weighted by Gasteiger charge is -2.38. The van der Waals surface area contributed by atoms with Gasteiger partial charge in [0.05, 0.1) is 12.6 Å². The van der Waals surface area contributed by atoms with Crippen LogP contribution in [-0.2, 0) is 13.6 Å². The molecule has 0 unspecified atom stereocenters. The molecule has 7 heteroatoms. The summed E-state index contributed by atoms with van der Waals surface area (Å²) in [6, 6.07) is 6.14. The molecule has 0 amide bonds. The first-order chi connectivity index (χ1) is 14.2. The zero-order valence-corrected chi connectivity index (χ0v) is 17.1. The van der Waals surface area contributed by atoms with Gasteiger partial charge in [0.1, 0.15) is 17.8 Å². The maximum atomic E-state index is 6.42. The number of pyridine rings is 1. The van der Waals surface area contributed by atoms with Crippen molar-refractivity contribution in [2.75, 3.05) is 13.1 Å². The first kappa shape index (κ1) is 18.4. The van der Waals surface area contributed by atoms with E-state index in [2.05, 4.69) is 49.2 Å². The molecule has 0 N–H and O–H groups in total. The van der Waals surface area contributed by atoms with Crippen molar-refractivity contribution in [2.24, 2.45) is 18.9 Å². The lowest BCUT2D eigenvalue weighted by molar-refractivity contribution is 0.0504. The van der Waals surface area contributed by atoms with Crippen LogP contribution in [-0.4, -0.2) is 48.2 Å². The predicted octanol–water partition coefficient (Wildman–Crippen LogP) is 2.85. The van der Waals surface area contributed by atoms with Gasteiger partial charge in [-0.25, -0.2) is 15.0 Å². The van der Waals surface area contributed by atoms with Crippen LogP contribution in [0.2, 0.25) is 0 Å². The van der Waals surface area contributed by atoms with Gasteiger partial charge < -0.3 is 13.9 Å². The fraction of sp³-hybridized carbons (Fsp3) is 0.500. The fourth-order valence-electron chi connectivity index (χ4n) is 5.09. The van der Waals surface area contributed by atoms with Crippen molar-refractivity contribution in [1.82, 2.24) is 29.0 Å². The highest BCUT2D eigenvalue weighted by Gasteiger charge is 2.44. The summed E-state index contributed by atoms with van der Waals surface area (Å²) in [5.41, 5.74) is 0. The van der Waals surface area contributed by atoms with Gasteiger partial charge in [-0.05, 0) is 37.7 Å². The number of aromatic nitrogens is 5. The Labute approximate surface area is 171 Å². The lowest BCUT2D eigenvalue weighted by Crippen LogP contribution is -2.40. The van der Waals surface area contributed by atoms with Crippen molar-refractivity contribution in [3.63, 3.8) is 0 Å². The third kappa shape index (κ3) is 3.67. The van der Waals surface area contributed by atoms with Gasteiger partial charge in [-0.2, -0.15) is 0 Å². The molecule has 29 heavy (non-hydrogen) atoms. The number of nitrogens with zero attached hydrogens (tertiary/aromatic N) is 6. The molecule has 1 aliphatic heterocycles. The van der Waals surface area contributed by atoms with E-state index in [1.807, 2.05) is 36.8 Å². The van der Waals surface area contributed by atoms with Gasteiger partial charge in [0, 0.05) is 57.2 Å². The second-order valence-corrected chi connectivity index (χ2v) is 8.41. The van der Waals surface area contributed by atoms with Crippen LogP contribution < -0.4 is 4.74 Å². The number of likely N-dealkylation sites (tertiary alicyclic amines) is 1. The summed E-state index contributed by atoms with van der Waals surface area (Å²) in [4.78, 5) is 15.9. The van der Waals surface area contributed by atoms with E-state index in [9.17, 15) is 0 Å². The van der Waals surface area contributed by atoms with Gasteiger partial charge in [0.25, 0.3) is 0 Å². The van der Waals surface area contributed by atoms with E-state index in [1.165, 1.54) is 0 Å². The predicted molar refractivity (Wildman–Crippen MR) is 109 cm³/mol. The van der Waals surface area contributed by atoms with E-state index in [-0.39, 0.29) is 12.1 Å². The van der Waals surface area contributed by atoms with Crippen molar-refractivity contribution < 1.29 is 4.74 Å². The van der Waals surface area contributed by atoms with Gasteiger partial charge >= 0.3 is 0 Å². The van der Waals surface area contributed by atoms with Gasteiger partial charge in [0.2, 0.25) is 5.88 Å². The third-order valence-corrected chi connectivity index (χ3v) is 6.58. The van der Waals surface area contributed by atoms with Crippen molar-refractivity contribution in [3.05, 3.63) is 60.8 Å². The Kier molecular flexibility index (Phi) is 4.83. The number of hydrogen-bond donors (Lipinski definition) is 0. The molecule has 1 saturated heterocycles. The van der Waals surface area contributed by atoms with Gasteiger partial charge in [-0.3, -0.25) is 4.90 Å². The Hall–Kier alpha value is -2.67. The van der Waals surface area contributed by atoms with Crippen molar-refractivity contribution in [1.29, 1.82) is 0 Å². The Bertz CT molecular complexity index is 951. The second-order valence-electron chi connectivity index (χ2n) is 8.41. The van der Waals surface area contributed by atoms with Crippen LogP contribution in [0.3, 0.4) is 0 Å². The largest absolute Gasteiger partial charge is 0.472 e. The number of ether oxygens (including phenoxy) is 1. The summed E-state index contributed by atoms with van der Waals surface area (Å²) in [6.07, 6.45) is 11.9. The van der Waals surface area contributed by atoms with E-state index in [0.29, 0.717) is 17.7 Å². The topological polar surface area (TPSA) is 61.0 Å². The number of fused-ring (bicyclic) bond motifs is 1. The zero-order chi connectivity index (χ0) is 19.8. The average Bonchev–Trinajstić information content (AvgIpc) is 3.42. The van der Waals surface area contributed by atoms with E-state index >= 15 is 0 Å². The molecular formula is C22H28N6O. The van der Waals surface area contributed by atoms with E-state index in [1.54, 1.807) is 6.20 Å².